The SMILES string of the molecule is Cc1sc2nc(SCc3ccc(C(=O)N(C)C)cc3)n(C(C)C)c(=O)c2c1C. The molecule has 0 saturated carbocycles. The van der Waals surface area contributed by atoms with E-state index in [2.05, 4.69) is 0 Å². The van der Waals surface area contributed by atoms with Crippen molar-refractivity contribution in [3.8, 4) is 0 Å². The van der Waals surface area contributed by atoms with Crippen LogP contribution in [0, 0.1) is 13.8 Å². The fourth-order valence-corrected chi connectivity index (χ4v) is 5.15. The first kappa shape index (κ1) is 20.6. The summed E-state index contributed by atoms with van der Waals surface area (Å²) in [6, 6.07) is 7.64. The standard InChI is InChI=1S/C21H25N3O2S2/c1-12(2)24-20(26)17-13(3)14(4)28-18(17)22-21(24)27-11-15-7-9-16(10-8-15)19(25)23(5)6/h7-10,12H,11H2,1-6H3. The van der Waals surface area contributed by atoms with Gasteiger partial charge in [-0.2, -0.15) is 0 Å². The first-order valence-electron chi connectivity index (χ1n) is 9.16. The van der Waals surface area contributed by atoms with Gasteiger partial charge in [0.05, 0.1) is 5.39 Å². The van der Waals surface area contributed by atoms with Crippen LogP contribution >= 0.6 is 23.1 Å². The topological polar surface area (TPSA) is 55.2 Å². The Morgan fingerprint density at radius 3 is 2.43 bits per heavy atom. The fraction of sp³-hybridized carbons (Fsp3) is 0.381. The van der Waals surface area contributed by atoms with Crippen LogP contribution in [0.1, 0.15) is 46.3 Å². The molecule has 2 heterocycles. The molecular formula is C21H25N3O2S2. The molecule has 7 heteroatoms. The molecule has 3 rings (SSSR count). The van der Waals surface area contributed by atoms with Gasteiger partial charge in [0.1, 0.15) is 4.83 Å². The molecule has 3 aromatic rings. The third-order valence-corrected chi connectivity index (χ3v) is 6.82. The van der Waals surface area contributed by atoms with E-state index < -0.39 is 0 Å². The van der Waals surface area contributed by atoms with E-state index >= 15 is 0 Å². The van der Waals surface area contributed by atoms with Crippen molar-refractivity contribution in [1.29, 1.82) is 0 Å². The van der Waals surface area contributed by atoms with Crippen molar-refractivity contribution >= 4 is 39.2 Å². The second-order valence-corrected chi connectivity index (χ2v) is 9.46. The van der Waals surface area contributed by atoms with Crippen LogP contribution in [0.5, 0.6) is 0 Å². The zero-order chi connectivity index (χ0) is 20.6. The van der Waals surface area contributed by atoms with Crippen LogP contribution in [0.15, 0.2) is 34.2 Å². The summed E-state index contributed by atoms with van der Waals surface area (Å²) in [6.07, 6.45) is 0. The highest BCUT2D eigenvalue weighted by atomic mass is 32.2. The number of carbonyl (C=O) groups excluding carboxylic acids is 1. The largest absolute Gasteiger partial charge is 0.345 e. The zero-order valence-electron chi connectivity index (χ0n) is 17.1. The third kappa shape index (κ3) is 3.86. The number of fused-ring (bicyclic) bond motifs is 1. The molecule has 0 bridgehead atoms. The van der Waals surface area contributed by atoms with Crippen LogP contribution in [0.4, 0.5) is 0 Å². The van der Waals surface area contributed by atoms with E-state index in [1.165, 1.54) is 0 Å². The predicted molar refractivity (Wildman–Crippen MR) is 118 cm³/mol. The fourth-order valence-electron chi connectivity index (χ4n) is 2.99. The minimum absolute atomic E-state index is 0.0107. The van der Waals surface area contributed by atoms with E-state index in [4.69, 9.17) is 4.98 Å². The summed E-state index contributed by atoms with van der Waals surface area (Å²) >= 11 is 3.13. The highest BCUT2D eigenvalue weighted by molar-refractivity contribution is 7.98. The van der Waals surface area contributed by atoms with Gasteiger partial charge < -0.3 is 4.90 Å². The van der Waals surface area contributed by atoms with Crippen LogP contribution in [-0.2, 0) is 5.75 Å². The lowest BCUT2D eigenvalue weighted by Gasteiger charge is -2.15. The molecule has 0 aliphatic heterocycles. The van der Waals surface area contributed by atoms with Crippen molar-refractivity contribution in [2.24, 2.45) is 0 Å². The Kier molecular flexibility index (Phi) is 5.95. The molecule has 1 aromatic carbocycles. The Morgan fingerprint density at radius 2 is 1.86 bits per heavy atom. The van der Waals surface area contributed by atoms with Gasteiger partial charge >= 0.3 is 0 Å². The maximum Gasteiger partial charge on any atom is 0.263 e. The second-order valence-electron chi connectivity index (χ2n) is 7.31. The zero-order valence-corrected chi connectivity index (χ0v) is 18.7. The van der Waals surface area contributed by atoms with Gasteiger partial charge in [-0.05, 0) is 51.0 Å². The quantitative estimate of drug-likeness (QED) is 0.450. The molecule has 0 radical (unpaired) electrons. The first-order chi connectivity index (χ1) is 13.2. The smallest absolute Gasteiger partial charge is 0.263 e. The van der Waals surface area contributed by atoms with Crippen molar-refractivity contribution in [3.63, 3.8) is 0 Å². The number of hydrogen-bond donors (Lipinski definition) is 0. The monoisotopic (exact) mass is 415 g/mol. The number of carbonyl (C=O) groups is 1. The van der Waals surface area contributed by atoms with Gasteiger partial charge in [-0.15, -0.1) is 11.3 Å². The van der Waals surface area contributed by atoms with Crippen LogP contribution in [0.3, 0.4) is 0 Å². The summed E-state index contributed by atoms with van der Waals surface area (Å²) in [5.41, 5.74) is 2.83. The van der Waals surface area contributed by atoms with E-state index in [1.807, 2.05) is 52.0 Å². The van der Waals surface area contributed by atoms with Gasteiger partial charge in [-0.25, -0.2) is 4.98 Å². The van der Waals surface area contributed by atoms with Gasteiger partial charge in [0.2, 0.25) is 0 Å². The highest BCUT2D eigenvalue weighted by Gasteiger charge is 2.18. The number of benzene rings is 1. The molecular weight excluding hydrogens is 390 g/mol. The van der Waals surface area contributed by atoms with Crippen molar-refractivity contribution < 1.29 is 4.79 Å². The van der Waals surface area contributed by atoms with Gasteiger partial charge in [0.25, 0.3) is 11.5 Å². The molecule has 148 valence electrons. The first-order valence-corrected chi connectivity index (χ1v) is 11.0. The van der Waals surface area contributed by atoms with Crippen LogP contribution in [0.25, 0.3) is 10.2 Å². The number of aromatic nitrogens is 2. The average Bonchev–Trinajstić information content (AvgIpc) is 2.93. The number of thioether (sulfide) groups is 1. The Labute approximate surface area is 173 Å². The third-order valence-electron chi connectivity index (χ3n) is 4.69. The lowest BCUT2D eigenvalue weighted by Crippen LogP contribution is -2.24. The molecule has 0 atom stereocenters. The summed E-state index contributed by atoms with van der Waals surface area (Å²) in [4.78, 5) is 33.4. The lowest BCUT2D eigenvalue weighted by molar-refractivity contribution is 0.0827. The van der Waals surface area contributed by atoms with E-state index in [1.54, 1.807) is 46.7 Å². The molecule has 0 N–H and O–H groups in total. The maximum absolute atomic E-state index is 13.1. The second kappa shape index (κ2) is 8.09. The summed E-state index contributed by atoms with van der Waals surface area (Å²) in [5.74, 6) is 0.674. The normalized spacial score (nSPS) is 11.4. The Bertz CT molecular complexity index is 1080. The van der Waals surface area contributed by atoms with Crippen molar-refractivity contribution in [1.82, 2.24) is 14.5 Å². The average molecular weight is 416 g/mol. The molecule has 2 aromatic heterocycles. The number of rotatable bonds is 5. The lowest BCUT2D eigenvalue weighted by atomic mass is 10.1. The molecule has 28 heavy (non-hydrogen) atoms. The molecule has 0 saturated heterocycles. The van der Waals surface area contributed by atoms with Crippen LogP contribution in [0.2, 0.25) is 0 Å². The number of nitrogens with zero attached hydrogens (tertiary/aromatic N) is 3. The molecule has 5 nitrogen and oxygen atoms in total. The van der Waals surface area contributed by atoms with Gasteiger partial charge in [-0.3, -0.25) is 14.2 Å². The summed E-state index contributed by atoms with van der Waals surface area (Å²) in [7, 11) is 3.49. The van der Waals surface area contributed by atoms with E-state index in [0.717, 1.165) is 31.4 Å². The van der Waals surface area contributed by atoms with E-state index in [0.29, 0.717) is 11.3 Å². The van der Waals surface area contributed by atoms with Crippen molar-refractivity contribution in [3.05, 3.63) is 56.2 Å². The number of thiophene rings is 1. The molecule has 1 amide bonds. The van der Waals surface area contributed by atoms with Gasteiger partial charge in [-0.1, -0.05) is 23.9 Å². The van der Waals surface area contributed by atoms with Crippen molar-refractivity contribution in [2.75, 3.05) is 14.1 Å². The minimum Gasteiger partial charge on any atom is -0.345 e. The molecule has 0 fully saturated rings. The van der Waals surface area contributed by atoms with E-state index in [9.17, 15) is 9.59 Å². The van der Waals surface area contributed by atoms with Crippen LogP contribution in [-0.4, -0.2) is 34.5 Å². The number of hydrogen-bond acceptors (Lipinski definition) is 5. The highest BCUT2D eigenvalue weighted by Crippen LogP contribution is 2.30. The van der Waals surface area contributed by atoms with Crippen molar-refractivity contribution in [2.45, 2.75) is 44.6 Å². The van der Waals surface area contributed by atoms with Crippen LogP contribution < -0.4 is 5.56 Å². The maximum atomic E-state index is 13.1. The Hall–Kier alpha value is -2.12. The number of aryl methyl sites for hydroxylation is 2. The summed E-state index contributed by atoms with van der Waals surface area (Å²) < 4.78 is 1.79. The van der Waals surface area contributed by atoms with E-state index in [-0.39, 0.29) is 17.5 Å². The van der Waals surface area contributed by atoms with Gasteiger partial charge in [0, 0.05) is 36.3 Å². The molecule has 0 aliphatic carbocycles. The number of amides is 1. The molecule has 0 spiro atoms. The summed E-state index contributed by atoms with van der Waals surface area (Å²) in [5, 5.41) is 1.48. The summed E-state index contributed by atoms with van der Waals surface area (Å²) in [6.45, 7) is 8.04. The Morgan fingerprint density at radius 1 is 1.21 bits per heavy atom. The minimum atomic E-state index is -0.0107. The van der Waals surface area contributed by atoms with Gasteiger partial charge in [0.15, 0.2) is 5.16 Å². The molecule has 0 aliphatic rings. The molecule has 0 unspecified atom stereocenters. The Balaban J connectivity index is 1.91. The predicted octanol–water partition coefficient (Wildman–Crippen LogP) is 4.65.